The molecule has 2 aliphatic heterocycles. The third kappa shape index (κ3) is 4.60. The van der Waals surface area contributed by atoms with Crippen molar-refractivity contribution in [2.24, 2.45) is 0 Å². The van der Waals surface area contributed by atoms with E-state index in [4.69, 9.17) is 23.9 Å². The molecule has 1 N–H and O–H groups in total. The molecule has 0 unspecified atom stereocenters. The van der Waals surface area contributed by atoms with Gasteiger partial charge in [0.05, 0.1) is 40.6 Å². The molecule has 2 saturated heterocycles. The molecule has 2 aromatic rings. The lowest BCUT2D eigenvalue weighted by Gasteiger charge is -2.30. The second kappa shape index (κ2) is 9.10. The number of hydrogen-bond donors (Lipinski definition) is 1. The predicted molar refractivity (Wildman–Crippen MR) is 109 cm³/mol. The summed E-state index contributed by atoms with van der Waals surface area (Å²) in [6.45, 7) is 5.66. The van der Waals surface area contributed by atoms with E-state index < -0.39 is 0 Å². The van der Waals surface area contributed by atoms with Gasteiger partial charge in [0.15, 0.2) is 11.5 Å². The molecule has 0 amide bonds. The maximum absolute atomic E-state index is 5.46. The lowest BCUT2D eigenvalue weighted by molar-refractivity contribution is 0.121. The number of nitrogens with zero attached hydrogens (tertiary/aromatic N) is 5. The van der Waals surface area contributed by atoms with E-state index in [0.717, 1.165) is 31.9 Å². The number of benzene rings is 1. The molecular formula is C19H26N6O4. The zero-order valence-corrected chi connectivity index (χ0v) is 16.8. The van der Waals surface area contributed by atoms with Crippen LogP contribution in [0.2, 0.25) is 0 Å². The van der Waals surface area contributed by atoms with Gasteiger partial charge >= 0.3 is 0 Å². The summed E-state index contributed by atoms with van der Waals surface area (Å²) in [5, 5.41) is 3.28. The number of anilines is 4. The fourth-order valence-electron chi connectivity index (χ4n) is 3.26. The first-order chi connectivity index (χ1) is 14.3. The van der Waals surface area contributed by atoms with Crippen molar-refractivity contribution in [1.82, 2.24) is 15.0 Å². The van der Waals surface area contributed by atoms with Gasteiger partial charge < -0.3 is 34.1 Å². The van der Waals surface area contributed by atoms with Gasteiger partial charge in [0.2, 0.25) is 17.8 Å². The Hall–Kier alpha value is -2.85. The number of rotatable bonds is 6. The summed E-state index contributed by atoms with van der Waals surface area (Å²) in [6, 6.07) is 5.59. The number of methoxy groups -OCH3 is 2. The van der Waals surface area contributed by atoms with Crippen LogP contribution in [-0.4, -0.2) is 81.8 Å². The van der Waals surface area contributed by atoms with Gasteiger partial charge in [0.25, 0.3) is 0 Å². The Morgan fingerprint density at radius 3 is 1.86 bits per heavy atom. The molecule has 0 aliphatic carbocycles. The third-order valence-corrected chi connectivity index (χ3v) is 4.84. The summed E-state index contributed by atoms with van der Waals surface area (Å²) in [7, 11) is 3.22. The van der Waals surface area contributed by atoms with E-state index >= 15 is 0 Å². The monoisotopic (exact) mass is 402 g/mol. The zero-order chi connectivity index (χ0) is 20.1. The van der Waals surface area contributed by atoms with Crippen LogP contribution in [0.5, 0.6) is 11.5 Å². The second-order valence-electron chi connectivity index (χ2n) is 6.65. The summed E-state index contributed by atoms with van der Waals surface area (Å²) in [5.41, 5.74) is 0.801. The van der Waals surface area contributed by atoms with Crippen LogP contribution in [0.1, 0.15) is 0 Å². The molecule has 3 heterocycles. The molecule has 4 rings (SSSR count). The van der Waals surface area contributed by atoms with E-state index in [-0.39, 0.29) is 0 Å². The number of ether oxygens (including phenoxy) is 4. The number of hydrogen-bond acceptors (Lipinski definition) is 10. The summed E-state index contributed by atoms with van der Waals surface area (Å²) >= 11 is 0. The Morgan fingerprint density at radius 1 is 0.793 bits per heavy atom. The second-order valence-corrected chi connectivity index (χ2v) is 6.65. The molecule has 29 heavy (non-hydrogen) atoms. The topological polar surface area (TPSA) is 94.1 Å². The Balaban J connectivity index is 1.64. The van der Waals surface area contributed by atoms with Gasteiger partial charge in [-0.3, -0.25) is 0 Å². The first kappa shape index (κ1) is 19.5. The van der Waals surface area contributed by atoms with Gasteiger partial charge in [-0.05, 0) is 12.1 Å². The molecule has 1 aromatic heterocycles. The average molecular weight is 402 g/mol. The van der Waals surface area contributed by atoms with Gasteiger partial charge in [-0.2, -0.15) is 15.0 Å². The van der Waals surface area contributed by atoms with Crippen LogP contribution in [0.4, 0.5) is 23.5 Å². The van der Waals surface area contributed by atoms with Gasteiger partial charge in [0.1, 0.15) is 0 Å². The molecule has 2 aliphatic rings. The quantitative estimate of drug-likeness (QED) is 0.762. The van der Waals surface area contributed by atoms with Crippen LogP contribution in [-0.2, 0) is 9.47 Å². The summed E-state index contributed by atoms with van der Waals surface area (Å²) < 4.78 is 21.6. The molecule has 0 saturated carbocycles. The molecule has 1 aromatic carbocycles. The van der Waals surface area contributed by atoms with Crippen molar-refractivity contribution in [1.29, 1.82) is 0 Å². The molecule has 156 valence electrons. The van der Waals surface area contributed by atoms with Gasteiger partial charge in [-0.1, -0.05) is 0 Å². The highest BCUT2D eigenvalue weighted by atomic mass is 16.5. The molecule has 0 atom stereocenters. The van der Waals surface area contributed by atoms with Crippen molar-refractivity contribution in [2.45, 2.75) is 0 Å². The lowest BCUT2D eigenvalue weighted by Crippen LogP contribution is -2.40. The number of aromatic nitrogens is 3. The van der Waals surface area contributed by atoms with Crippen molar-refractivity contribution in [2.75, 3.05) is 81.9 Å². The molecule has 0 bridgehead atoms. The van der Waals surface area contributed by atoms with Crippen LogP contribution in [0, 0.1) is 0 Å². The minimum absolute atomic E-state index is 0.482. The van der Waals surface area contributed by atoms with E-state index in [1.165, 1.54) is 0 Å². The molecule has 0 radical (unpaired) electrons. The summed E-state index contributed by atoms with van der Waals surface area (Å²) in [6.07, 6.45) is 0. The van der Waals surface area contributed by atoms with E-state index in [1.54, 1.807) is 14.2 Å². The maximum Gasteiger partial charge on any atom is 0.233 e. The van der Waals surface area contributed by atoms with Gasteiger partial charge in [0, 0.05) is 37.9 Å². The maximum atomic E-state index is 5.46. The van der Waals surface area contributed by atoms with Gasteiger partial charge in [-0.15, -0.1) is 0 Å². The Labute approximate surface area is 169 Å². The van der Waals surface area contributed by atoms with Crippen molar-refractivity contribution < 1.29 is 18.9 Å². The van der Waals surface area contributed by atoms with E-state index in [9.17, 15) is 0 Å². The smallest absolute Gasteiger partial charge is 0.233 e. The van der Waals surface area contributed by atoms with Crippen LogP contribution >= 0.6 is 0 Å². The van der Waals surface area contributed by atoms with Crippen molar-refractivity contribution >= 4 is 23.5 Å². The van der Waals surface area contributed by atoms with Crippen molar-refractivity contribution in [3.05, 3.63) is 18.2 Å². The van der Waals surface area contributed by atoms with Crippen LogP contribution in [0.3, 0.4) is 0 Å². The normalized spacial score (nSPS) is 17.2. The summed E-state index contributed by atoms with van der Waals surface area (Å²) in [4.78, 5) is 18.3. The highest BCUT2D eigenvalue weighted by Gasteiger charge is 2.21. The standard InChI is InChI=1S/C19H26N6O4/c1-26-15-4-3-14(13-16(15)27-2)20-17-21-18(24-5-9-28-10-6-24)23-19(22-17)25-7-11-29-12-8-25/h3-4,13H,5-12H2,1-2H3,(H,20,21,22,23). The lowest BCUT2D eigenvalue weighted by atomic mass is 10.3. The van der Waals surface area contributed by atoms with Crippen molar-refractivity contribution in [3.63, 3.8) is 0 Å². The molecular weight excluding hydrogens is 376 g/mol. The first-order valence-electron chi connectivity index (χ1n) is 9.67. The highest BCUT2D eigenvalue weighted by molar-refractivity contribution is 5.61. The van der Waals surface area contributed by atoms with Crippen LogP contribution in [0.15, 0.2) is 18.2 Å². The zero-order valence-electron chi connectivity index (χ0n) is 16.8. The number of nitrogens with one attached hydrogen (secondary N) is 1. The fraction of sp³-hybridized carbons (Fsp3) is 0.526. The minimum atomic E-state index is 0.482. The van der Waals surface area contributed by atoms with Gasteiger partial charge in [-0.25, -0.2) is 0 Å². The third-order valence-electron chi connectivity index (χ3n) is 4.84. The van der Waals surface area contributed by atoms with E-state index in [0.29, 0.717) is 55.8 Å². The predicted octanol–water partition coefficient (Wildman–Crippen LogP) is 1.31. The largest absolute Gasteiger partial charge is 0.493 e. The van der Waals surface area contributed by atoms with Crippen LogP contribution < -0.4 is 24.6 Å². The summed E-state index contributed by atoms with van der Waals surface area (Å²) in [5.74, 6) is 3.07. The molecule has 10 heteroatoms. The average Bonchev–Trinajstić information content (AvgIpc) is 2.80. The Bertz CT molecular complexity index is 788. The highest BCUT2D eigenvalue weighted by Crippen LogP contribution is 2.31. The van der Waals surface area contributed by atoms with Crippen LogP contribution in [0.25, 0.3) is 0 Å². The Morgan fingerprint density at radius 2 is 1.34 bits per heavy atom. The minimum Gasteiger partial charge on any atom is -0.493 e. The molecule has 10 nitrogen and oxygen atoms in total. The van der Waals surface area contributed by atoms with Crippen molar-refractivity contribution in [3.8, 4) is 11.5 Å². The SMILES string of the molecule is COc1ccc(Nc2nc(N3CCOCC3)nc(N3CCOCC3)n2)cc1OC. The fourth-order valence-corrected chi connectivity index (χ4v) is 3.26. The molecule has 0 spiro atoms. The van der Waals surface area contributed by atoms with E-state index in [2.05, 4.69) is 25.1 Å². The molecule has 2 fully saturated rings. The van der Waals surface area contributed by atoms with E-state index in [1.807, 2.05) is 18.2 Å². The first-order valence-corrected chi connectivity index (χ1v) is 9.67. The Kier molecular flexibility index (Phi) is 6.11. The number of morpholine rings is 2.